The highest BCUT2D eigenvalue weighted by Gasteiger charge is 2.21. The van der Waals surface area contributed by atoms with Gasteiger partial charge in [0, 0.05) is 0 Å². The van der Waals surface area contributed by atoms with Crippen LogP contribution in [0.25, 0.3) is 0 Å². The number of aliphatic carboxylic acids is 1. The number of carbonyl (C=O) groups is 1. The summed E-state index contributed by atoms with van der Waals surface area (Å²) < 4.78 is 8.60. The van der Waals surface area contributed by atoms with Crippen molar-refractivity contribution in [3.8, 4) is 0 Å². The molecule has 0 spiro atoms. The molecule has 11 heavy (non-hydrogen) atoms. The van der Waals surface area contributed by atoms with Crippen LogP contribution in [0.1, 0.15) is 6.92 Å². The summed E-state index contributed by atoms with van der Waals surface area (Å²) >= 11 is 0.438. The molecule has 64 valence electrons. The van der Waals surface area contributed by atoms with Crippen molar-refractivity contribution in [3.05, 3.63) is 12.2 Å². The van der Waals surface area contributed by atoms with E-state index < -0.39 is 17.3 Å². The largest absolute Gasteiger partial charge is 0.480 e. The van der Waals surface area contributed by atoms with E-state index in [4.69, 9.17) is 15.4 Å². The first-order valence-electron chi connectivity index (χ1n) is 3.05. The van der Waals surface area contributed by atoms with Crippen molar-refractivity contribution < 1.29 is 14.5 Å². The van der Waals surface area contributed by atoms with Gasteiger partial charge in [-0.3, -0.25) is 4.79 Å². The lowest BCUT2D eigenvalue weighted by Gasteiger charge is -2.11. The monoisotopic (exact) mass is 177 g/mol. The minimum Gasteiger partial charge on any atom is -0.480 e. The molecular formula is C6H11NO3S. The van der Waals surface area contributed by atoms with Gasteiger partial charge in [0.2, 0.25) is 0 Å². The lowest BCUT2D eigenvalue weighted by molar-refractivity contribution is -0.138. The second-order valence-corrected chi connectivity index (χ2v) is 2.71. The van der Waals surface area contributed by atoms with Crippen LogP contribution in [-0.4, -0.2) is 26.9 Å². The SMILES string of the molecule is C/C=C/C(SO)[C@H](N)C(=O)O. The molecule has 2 atom stereocenters. The summed E-state index contributed by atoms with van der Waals surface area (Å²) in [6.45, 7) is 1.73. The molecule has 0 aliphatic heterocycles. The fraction of sp³-hybridized carbons (Fsp3) is 0.500. The molecule has 0 rings (SSSR count). The van der Waals surface area contributed by atoms with E-state index in [1.54, 1.807) is 19.1 Å². The van der Waals surface area contributed by atoms with Crippen LogP contribution in [0.2, 0.25) is 0 Å². The van der Waals surface area contributed by atoms with Crippen molar-refractivity contribution in [1.29, 1.82) is 0 Å². The molecule has 5 heteroatoms. The van der Waals surface area contributed by atoms with E-state index in [1.165, 1.54) is 0 Å². The van der Waals surface area contributed by atoms with Gasteiger partial charge in [0.1, 0.15) is 6.04 Å². The first-order valence-corrected chi connectivity index (χ1v) is 3.88. The molecule has 0 bridgehead atoms. The van der Waals surface area contributed by atoms with E-state index in [2.05, 4.69) is 0 Å². The molecule has 0 heterocycles. The number of nitrogens with two attached hydrogens (primary N) is 1. The molecular weight excluding hydrogens is 166 g/mol. The van der Waals surface area contributed by atoms with Crippen LogP contribution < -0.4 is 5.73 Å². The highest BCUT2D eigenvalue weighted by atomic mass is 32.2. The lowest BCUT2D eigenvalue weighted by atomic mass is 10.2. The van der Waals surface area contributed by atoms with Crippen LogP contribution in [0, 0.1) is 0 Å². The van der Waals surface area contributed by atoms with Crippen LogP contribution >= 0.6 is 12.0 Å². The van der Waals surface area contributed by atoms with E-state index in [1.807, 2.05) is 0 Å². The molecule has 0 radical (unpaired) electrons. The van der Waals surface area contributed by atoms with Crippen molar-refractivity contribution in [2.45, 2.75) is 18.2 Å². The molecule has 4 N–H and O–H groups in total. The number of hydrogen-bond donors (Lipinski definition) is 3. The van der Waals surface area contributed by atoms with E-state index in [9.17, 15) is 4.79 Å². The van der Waals surface area contributed by atoms with Crippen LogP contribution in [-0.2, 0) is 4.79 Å². The second-order valence-electron chi connectivity index (χ2n) is 1.96. The van der Waals surface area contributed by atoms with Crippen LogP contribution in [0.4, 0.5) is 0 Å². The molecule has 0 aromatic rings. The molecule has 1 unspecified atom stereocenters. The Hall–Kier alpha value is -0.520. The maximum atomic E-state index is 10.3. The van der Waals surface area contributed by atoms with Gasteiger partial charge >= 0.3 is 5.97 Å². The molecule has 0 saturated carbocycles. The fourth-order valence-corrected chi connectivity index (χ4v) is 1.03. The van der Waals surface area contributed by atoms with Crippen molar-refractivity contribution in [3.63, 3.8) is 0 Å². The maximum absolute atomic E-state index is 10.3. The van der Waals surface area contributed by atoms with Gasteiger partial charge in [-0.15, -0.1) is 0 Å². The Morgan fingerprint density at radius 1 is 1.73 bits per heavy atom. The smallest absolute Gasteiger partial charge is 0.322 e. The molecule has 0 aromatic heterocycles. The van der Waals surface area contributed by atoms with Crippen LogP contribution in [0.3, 0.4) is 0 Å². The molecule has 0 fully saturated rings. The van der Waals surface area contributed by atoms with Crippen molar-refractivity contribution in [1.82, 2.24) is 0 Å². The van der Waals surface area contributed by atoms with Gasteiger partial charge < -0.3 is 15.4 Å². The van der Waals surface area contributed by atoms with E-state index in [0.717, 1.165) is 0 Å². The number of hydrogen-bond acceptors (Lipinski definition) is 4. The number of carboxylic acid groups (broad SMARTS) is 1. The van der Waals surface area contributed by atoms with E-state index >= 15 is 0 Å². The van der Waals surface area contributed by atoms with Crippen molar-refractivity contribution in [2.75, 3.05) is 0 Å². The Kier molecular flexibility index (Phi) is 4.93. The van der Waals surface area contributed by atoms with Gasteiger partial charge in [0.15, 0.2) is 0 Å². The van der Waals surface area contributed by atoms with Gasteiger partial charge in [0.05, 0.1) is 5.25 Å². The first-order chi connectivity index (χ1) is 5.13. The molecule has 0 aromatic carbocycles. The quantitative estimate of drug-likeness (QED) is 0.431. The maximum Gasteiger partial charge on any atom is 0.322 e. The third-order valence-corrected chi connectivity index (χ3v) is 1.84. The van der Waals surface area contributed by atoms with Gasteiger partial charge in [-0.25, -0.2) is 0 Å². The summed E-state index contributed by atoms with van der Waals surface area (Å²) in [7, 11) is 0. The third-order valence-electron chi connectivity index (χ3n) is 1.14. The third kappa shape index (κ3) is 3.41. The Morgan fingerprint density at radius 3 is 2.55 bits per heavy atom. The number of carboxylic acids is 1. The van der Waals surface area contributed by atoms with Crippen molar-refractivity contribution in [2.24, 2.45) is 5.73 Å². The highest BCUT2D eigenvalue weighted by Crippen LogP contribution is 2.10. The summed E-state index contributed by atoms with van der Waals surface area (Å²) in [6.07, 6.45) is 3.19. The van der Waals surface area contributed by atoms with Gasteiger partial charge in [-0.2, -0.15) is 0 Å². The highest BCUT2D eigenvalue weighted by molar-refractivity contribution is 7.94. The summed E-state index contributed by atoms with van der Waals surface area (Å²) in [5.41, 5.74) is 5.23. The second kappa shape index (κ2) is 5.17. The summed E-state index contributed by atoms with van der Waals surface area (Å²) in [5, 5.41) is 7.86. The molecule has 0 aliphatic rings. The average molecular weight is 177 g/mol. The average Bonchev–Trinajstić information content (AvgIpc) is 1.98. The zero-order chi connectivity index (χ0) is 8.85. The summed E-state index contributed by atoms with van der Waals surface area (Å²) in [6, 6.07) is -1.05. The Labute approximate surface area is 69.3 Å². The van der Waals surface area contributed by atoms with Crippen molar-refractivity contribution >= 4 is 18.0 Å². The Balaban J connectivity index is 4.13. The Morgan fingerprint density at radius 2 is 2.27 bits per heavy atom. The number of rotatable bonds is 4. The molecule has 0 aliphatic carbocycles. The molecule has 0 amide bonds. The van der Waals surface area contributed by atoms with Gasteiger partial charge in [-0.1, -0.05) is 12.2 Å². The first kappa shape index (κ1) is 10.5. The fourth-order valence-electron chi connectivity index (χ4n) is 0.551. The predicted octanol–water partition coefficient (Wildman–Crippen LogP) is 0.549. The van der Waals surface area contributed by atoms with Gasteiger partial charge in [0.25, 0.3) is 0 Å². The Bertz CT molecular complexity index is 160. The lowest BCUT2D eigenvalue weighted by Crippen LogP contribution is -2.38. The normalized spacial score (nSPS) is 16.6. The summed E-state index contributed by atoms with van der Waals surface area (Å²) in [5.74, 6) is -1.12. The number of allylic oxidation sites excluding steroid dienone is 1. The predicted molar refractivity (Wildman–Crippen MR) is 44.4 cm³/mol. The van der Waals surface area contributed by atoms with Crippen LogP contribution in [0.15, 0.2) is 12.2 Å². The van der Waals surface area contributed by atoms with E-state index in [-0.39, 0.29) is 0 Å². The standard InChI is InChI=1S/C6H11NO3S/c1-2-3-4(11-10)5(7)6(8)9/h2-5,10H,7H2,1H3,(H,8,9)/b3-2+/t4?,5-/m0/s1. The minimum atomic E-state index is -1.12. The molecule has 0 saturated heterocycles. The zero-order valence-electron chi connectivity index (χ0n) is 6.10. The minimum absolute atomic E-state index is 0.438. The van der Waals surface area contributed by atoms with E-state index in [0.29, 0.717) is 12.0 Å². The van der Waals surface area contributed by atoms with Crippen LogP contribution in [0.5, 0.6) is 0 Å². The molecule has 4 nitrogen and oxygen atoms in total. The zero-order valence-corrected chi connectivity index (χ0v) is 6.91. The van der Waals surface area contributed by atoms with Gasteiger partial charge in [-0.05, 0) is 19.0 Å². The topological polar surface area (TPSA) is 83.5 Å². The summed E-state index contributed by atoms with van der Waals surface area (Å²) in [4.78, 5) is 10.3.